The molecule has 0 bridgehead atoms. The quantitative estimate of drug-likeness (QED) is 0.203. The number of halogens is 1. The zero-order valence-electron chi connectivity index (χ0n) is 20.7. The molecule has 0 spiro atoms. The molecular weight excluding hydrogens is 494 g/mol. The molecule has 0 aliphatic carbocycles. The second-order valence-corrected chi connectivity index (χ2v) is 9.19. The number of rotatable bonds is 6. The van der Waals surface area contributed by atoms with Gasteiger partial charge in [-0.15, -0.1) is 0 Å². The maximum atomic E-state index is 12.8. The molecule has 4 rings (SSSR count). The fourth-order valence-electron chi connectivity index (χ4n) is 4.37. The molecular formula is C27H26ClN5O4. The van der Waals surface area contributed by atoms with Crippen LogP contribution in [0.3, 0.4) is 0 Å². The number of aryl methyl sites for hydroxylation is 2. The molecule has 3 aromatic rings. The molecule has 1 aromatic heterocycles. The summed E-state index contributed by atoms with van der Waals surface area (Å²) in [6.45, 7) is 7.79. The number of aromatic nitrogens is 1. The number of hydrogen-bond acceptors (Lipinski definition) is 6. The third-order valence-corrected chi connectivity index (χ3v) is 6.74. The van der Waals surface area contributed by atoms with Crippen molar-refractivity contribution < 1.29 is 14.5 Å². The van der Waals surface area contributed by atoms with E-state index in [2.05, 4.69) is 5.32 Å². The number of benzene rings is 2. The van der Waals surface area contributed by atoms with Crippen LogP contribution in [0.15, 0.2) is 48.0 Å². The summed E-state index contributed by atoms with van der Waals surface area (Å²) in [5.41, 5.74) is 4.68. The van der Waals surface area contributed by atoms with Crippen molar-refractivity contribution in [2.45, 2.75) is 20.8 Å². The van der Waals surface area contributed by atoms with Gasteiger partial charge in [0.1, 0.15) is 17.3 Å². The highest BCUT2D eigenvalue weighted by Gasteiger charge is 2.23. The van der Waals surface area contributed by atoms with E-state index in [9.17, 15) is 20.2 Å². The predicted octanol–water partition coefficient (Wildman–Crippen LogP) is 5.35. The highest BCUT2D eigenvalue weighted by Crippen LogP contribution is 2.33. The lowest BCUT2D eigenvalue weighted by atomic mass is 10.1. The Labute approximate surface area is 219 Å². The standard InChI is InChI=1S/C27H26ClN5O4/c1-17-4-5-22(14-24(17)28)30-27(34)21(16-29)13-20-12-18(2)32(19(20)3)23-6-7-25(26(15-23)33(35)36)31-8-10-37-11-9-31/h4-7,12-15H,8-11H2,1-3H3,(H,30,34)/b21-13+. The van der Waals surface area contributed by atoms with Crippen LogP contribution >= 0.6 is 11.6 Å². The van der Waals surface area contributed by atoms with E-state index in [1.807, 2.05) is 48.4 Å². The van der Waals surface area contributed by atoms with Crippen LogP contribution in [0.25, 0.3) is 11.8 Å². The first-order valence-electron chi connectivity index (χ1n) is 11.7. The summed E-state index contributed by atoms with van der Waals surface area (Å²) in [6.07, 6.45) is 1.51. The number of nitro groups is 1. The maximum absolute atomic E-state index is 12.8. The molecule has 2 heterocycles. The average molecular weight is 520 g/mol. The van der Waals surface area contributed by atoms with Crippen LogP contribution in [0.1, 0.15) is 22.5 Å². The molecule has 9 nitrogen and oxygen atoms in total. The molecule has 0 saturated carbocycles. The van der Waals surface area contributed by atoms with Gasteiger partial charge in [-0.2, -0.15) is 5.26 Å². The van der Waals surface area contributed by atoms with E-state index in [0.29, 0.717) is 54.0 Å². The number of anilines is 2. The Bertz CT molecular complexity index is 1450. The number of morpholine rings is 1. The number of nitro benzene ring substituents is 1. The Hall–Kier alpha value is -4.13. The molecule has 1 N–H and O–H groups in total. The number of nitriles is 1. The molecule has 1 saturated heterocycles. The summed E-state index contributed by atoms with van der Waals surface area (Å²) in [4.78, 5) is 26.3. The monoisotopic (exact) mass is 519 g/mol. The van der Waals surface area contributed by atoms with Gasteiger partial charge in [-0.1, -0.05) is 17.7 Å². The van der Waals surface area contributed by atoms with Gasteiger partial charge in [0.05, 0.1) is 23.8 Å². The number of carbonyl (C=O) groups is 1. The number of nitrogens with zero attached hydrogens (tertiary/aromatic N) is 4. The Morgan fingerprint density at radius 2 is 1.89 bits per heavy atom. The zero-order valence-corrected chi connectivity index (χ0v) is 21.5. The van der Waals surface area contributed by atoms with Gasteiger partial charge in [-0.05, 0) is 68.3 Å². The lowest BCUT2D eigenvalue weighted by Gasteiger charge is -2.28. The summed E-state index contributed by atoms with van der Waals surface area (Å²) in [5.74, 6) is -0.558. The molecule has 1 aliphatic heterocycles. The van der Waals surface area contributed by atoms with Crippen molar-refractivity contribution in [3.8, 4) is 11.8 Å². The van der Waals surface area contributed by atoms with Crippen molar-refractivity contribution in [3.05, 3.63) is 85.7 Å². The summed E-state index contributed by atoms with van der Waals surface area (Å²) in [6, 6.07) is 14.1. The van der Waals surface area contributed by atoms with E-state index >= 15 is 0 Å². The number of nitrogens with one attached hydrogen (secondary N) is 1. The van der Waals surface area contributed by atoms with Gasteiger partial charge >= 0.3 is 0 Å². The van der Waals surface area contributed by atoms with Gasteiger partial charge in [-0.3, -0.25) is 14.9 Å². The second kappa shape index (κ2) is 10.9. The molecule has 1 fully saturated rings. The van der Waals surface area contributed by atoms with Crippen molar-refractivity contribution in [2.24, 2.45) is 0 Å². The van der Waals surface area contributed by atoms with E-state index in [4.69, 9.17) is 16.3 Å². The Balaban J connectivity index is 1.66. The first kappa shape index (κ1) is 25.9. The minimum atomic E-state index is -0.558. The number of ether oxygens (including phenoxy) is 1. The lowest BCUT2D eigenvalue weighted by molar-refractivity contribution is -0.384. The van der Waals surface area contributed by atoms with Gasteiger partial charge in [0, 0.05) is 41.3 Å². The fraction of sp³-hybridized carbons (Fsp3) is 0.259. The minimum Gasteiger partial charge on any atom is -0.378 e. The molecule has 0 atom stereocenters. The third kappa shape index (κ3) is 5.50. The van der Waals surface area contributed by atoms with Crippen LogP contribution in [0, 0.1) is 42.2 Å². The molecule has 0 radical (unpaired) electrons. The Morgan fingerprint density at radius 3 is 2.54 bits per heavy atom. The van der Waals surface area contributed by atoms with E-state index in [0.717, 1.165) is 17.0 Å². The summed E-state index contributed by atoms with van der Waals surface area (Å²) in [5, 5.41) is 24.8. The average Bonchev–Trinajstić information content (AvgIpc) is 3.17. The minimum absolute atomic E-state index is 0.0119. The van der Waals surface area contributed by atoms with Crippen LogP contribution in [0.2, 0.25) is 5.02 Å². The predicted molar refractivity (Wildman–Crippen MR) is 143 cm³/mol. The molecule has 1 aliphatic rings. The summed E-state index contributed by atoms with van der Waals surface area (Å²) in [7, 11) is 0. The van der Waals surface area contributed by atoms with E-state index < -0.39 is 5.91 Å². The fourth-order valence-corrected chi connectivity index (χ4v) is 4.55. The van der Waals surface area contributed by atoms with Gasteiger partial charge in [-0.25, -0.2) is 0 Å². The molecule has 1 amide bonds. The van der Waals surface area contributed by atoms with Crippen molar-refractivity contribution in [3.63, 3.8) is 0 Å². The molecule has 190 valence electrons. The second-order valence-electron chi connectivity index (χ2n) is 8.78. The number of hydrogen-bond donors (Lipinski definition) is 1. The van der Waals surface area contributed by atoms with Crippen molar-refractivity contribution in [1.29, 1.82) is 5.26 Å². The van der Waals surface area contributed by atoms with Crippen molar-refractivity contribution in [2.75, 3.05) is 36.5 Å². The topological polar surface area (TPSA) is 113 Å². The molecule has 10 heteroatoms. The third-order valence-electron chi connectivity index (χ3n) is 6.33. The van der Waals surface area contributed by atoms with Gasteiger partial charge in [0.25, 0.3) is 11.6 Å². The lowest BCUT2D eigenvalue weighted by Crippen LogP contribution is -2.36. The largest absolute Gasteiger partial charge is 0.378 e. The first-order chi connectivity index (χ1) is 17.7. The highest BCUT2D eigenvalue weighted by atomic mass is 35.5. The zero-order chi connectivity index (χ0) is 26.7. The Morgan fingerprint density at radius 1 is 1.16 bits per heavy atom. The van der Waals surface area contributed by atoms with Gasteiger partial charge in [0.2, 0.25) is 0 Å². The van der Waals surface area contributed by atoms with Crippen LogP contribution in [-0.4, -0.2) is 41.7 Å². The SMILES string of the molecule is Cc1ccc(NC(=O)/C(C#N)=C/c2cc(C)n(-c3ccc(N4CCOCC4)c([N+](=O)[O-])c3)c2C)cc1Cl. The van der Waals surface area contributed by atoms with Crippen molar-refractivity contribution >= 4 is 40.6 Å². The smallest absolute Gasteiger partial charge is 0.294 e. The Kier molecular flexibility index (Phi) is 7.62. The van der Waals surface area contributed by atoms with Crippen LogP contribution < -0.4 is 10.2 Å². The van der Waals surface area contributed by atoms with E-state index in [1.54, 1.807) is 30.3 Å². The normalized spacial score (nSPS) is 13.8. The first-order valence-corrected chi connectivity index (χ1v) is 12.1. The summed E-state index contributed by atoms with van der Waals surface area (Å²) < 4.78 is 7.24. The number of amides is 1. The highest BCUT2D eigenvalue weighted by molar-refractivity contribution is 6.31. The molecule has 0 unspecified atom stereocenters. The summed E-state index contributed by atoms with van der Waals surface area (Å²) >= 11 is 6.14. The molecule has 2 aromatic carbocycles. The number of carbonyl (C=O) groups excluding carboxylic acids is 1. The molecule has 37 heavy (non-hydrogen) atoms. The van der Waals surface area contributed by atoms with Crippen LogP contribution in [0.4, 0.5) is 17.1 Å². The van der Waals surface area contributed by atoms with Crippen molar-refractivity contribution in [1.82, 2.24) is 4.57 Å². The van der Waals surface area contributed by atoms with Crippen LogP contribution in [-0.2, 0) is 9.53 Å². The van der Waals surface area contributed by atoms with Gasteiger partial charge < -0.3 is 19.5 Å². The van der Waals surface area contributed by atoms with E-state index in [-0.39, 0.29) is 16.2 Å². The van der Waals surface area contributed by atoms with E-state index in [1.165, 1.54) is 6.08 Å². The maximum Gasteiger partial charge on any atom is 0.294 e. The van der Waals surface area contributed by atoms with Gasteiger partial charge in [0.15, 0.2) is 0 Å². The van der Waals surface area contributed by atoms with Crippen LogP contribution in [0.5, 0.6) is 0 Å².